The highest BCUT2D eigenvalue weighted by atomic mass is 31.2. The van der Waals surface area contributed by atoms with E-state index in [1.807, 2.05) is 85.1 Å². The second-order valence-electron chi connectivity index (χ2n) is 9.98. The van der Waals surface area contributed by atoms with Crippen molar-refractivity contribution < 1.29 is 4.57 Å². The second kappa shape index (κ2) is 8.81. The molecule has 0 aliphatic rings. The highest BCUT2D eigenvalue weighted by molar-refractivity contribution is 7.77. The van der Waals surface area contributed by atoms with Gasteiger partial charge in [0.1, 0.15) is 0 Å². The van der Waals surface area contributed by atoms with Crippen LogP contribution in [0.1, 0.15) is 0 Å². The fourth-order valence-electron chi connectivity index (χ4n) is 6.09. The molecule has 0 amide bonds. The molecule has 0 radical (unpaired) electrons. The van der Waals surface area contributed by atoms with Gasteiger partial charge in [0.25, 0.3) is 0 Å². The van der Waals surface area contributed by atoms with Gasteiger partial charge in [0.15, 0.2) is 0 Å². The third kappa shape index (κ3) is 3.14. The average Bonchev–Trinajstić information content (AvgIpc) is 3.55. The van der Waals surface area contributed by atoms with Crippen LogP contribution < -0.4 is 10.6 Å². The van der Waals surface area contributed by atoms with Gasteiger partial charge in [-0.15, -0.1) is 0 Å². The van der Waals surface area contributed by atoms with Crippen LogP contribution >= 0.6 is 7.29 Å². The molecule has 40 heavy (non-hydrogen) atoms. The molecule has 8 rings (SSSR count). The first-order chi connectivity index (χ1) is 19.8. The van der Waals surface area contributed by atoms with Gasteiger partial charge in [-0.05, 0) is 48.5 Å². The Balaban J connectivity index is 1.67. The summed E-state index contributed by atoms with van der Waals surface area (Å²) in [6, 6.07) is 46.7. The molecular weight excluding hydrogens is 509 g/mol. The molecule has 5 aromatic carbocycles. The standard InChI is InChI=1S/C35H24N3OP/c39-40(26-16-6-2-7-17-26,27-18-8-3-9-19-27)38-32-23-13-11-21-29(32)33-35(38)34-30(24-36-33)28-20-10-12-22-31(28)37(34)25-14-4-1-5-15-25/h1-24H. The molecule has 0 saturated carbocycles. The van der Waals surface area contributed by atoms with Gasteiger partial charge in [0, 0.05) is 38.7 Å². The summed E-state index contributed by atoms with van der Waals surface area (Å²) in [4.78, 5) is 5.06. The summed E-state index contributed by atoms with van der Waals surface area (Å²) in [5.74, 6) is 0. The summed E-state index contributed by atoms with van der Waals surface area (Å²) in [6.07, 6.45) is 1.98. The minimum Gasteiger partial charge on any atom is -0.307 e. The molecule has 0 fully saturated rings. The number of pyridine rings is 1. The van der Waals surface area contributed by atoms with E-state index >= 15 is 4.57 Å². The van der Waals surface area contributed by atoms with Gasteiger partial charge in [0.2, 0.25) is 7.29 Å². The number of rotatable bonds is 4. The van der Waals surface area contributed by atoms with Crippen LogP contribution in [0.25, 0.3) is 49.4 Å². The van der Waals surface area contributed by atoms with Crippen molar-refractivity contribution in [2.24, 2.45) is 0 Å². The quantitative estimate of drug-likeness (QED) is 0.215. The van der Waals surface area contributed by atoms with E-state index < -0.39 is 7.29 Å². The Morgan fingerprint density at radius 3 is 1.68 bits per heavy atom. The topological polar surface area (TPSA) is 39.8 Å². The van der Waals surface area contributed by atoms with E-state index in [9.17, 15) is 0 Å². The summed E-state index contributed by atoms with van der Waals surface area (Å²) < 4.78 is 20.3. The van der Waals surface area contributed by atoms with Gasteiger partial charge in [-0.1, -0.05) is 91.0 Å². The molecule has 5 heteroatoms. The lowest BCUT2D eigenvalue weighted by Crippen LogP contribution is -2.21. The van der Waals surface area contributed by atoms with Gasteiger partial charge in [-0.2, -0.15) is 0 Å². The number of hydrogen-bond donors (Lipinski definition) is 0. The molecule has 0 spiro atoms. The molecule has 3 aromatic heterocycles. The first-order valence-electron chi connectivity index (χ1n) is 13.4. The van der Waals surface area contributed by atoms with Crippen LogP contribution in [0.15, 0.2) is 146 Å². The van der Waals surface area contributed by atoms with E-state index in [1.165, 1.54) is 0 Å². The fourth-order valence-corrected chi connectivity index (χ4v) is 8.95. The van der Waals surface area contributed by atoms with Crippen molar-refractivity contribution in [3.63, 3.8) is 0 Å². The number of nitrogens with zero attached hydrogens (tertiary/aromatic N) is 3. The third-order valence-corrected chi connectivity index (χ3v) is 10.8. The molecule has 0 atom stereocenters. The van der Waals surface area contributed by atoms with Crippen molar-refractivity contribution in [1.82, 2.24) is 13.9 Å². The lowest BCUT2D eigenvalue weighted by atomic mass is 10.2. The van der Waals surface area contributed by atoms with Crippen molar-refractivity contribution in [1.29, 1.82) is 0 Å². The summed E-state index contributed by atoms with van der Waals surface area (Å²) in [5.41, 5.74) is 5.75. The highest BCUT2D eigenvalue weighted by Gasteiger charge is 2.34. The van der Waals surface area contributed by atoms with Crippen LogP contribution in [0.5, 0.6) is 0 Å². The number of para-hydroxylation sites is 3. The average molecular weight is 534 g/mol. The summed E-state index contributed by atoms with van der Waals surface area (Å²) in [5, 5.41) is 4.69. The molecule has 8 aromatic rings. The molecule has 0 aliphatic heterocycles. The predicted octanol–water partition coefficient (Wildman–Crippen LogP) is 8.06. The molecule has 0 unspecified atom stereocenters. The number of hydrogen-bond acceptors (Lipinski definition) is 2. The van der Waals surface area contributed by atoms with Crippen LogP contribution in [0.2, 0.25) is 0 Å². The van der Waals surface area contributed by atoms with Crippen LogP contribution in [-0.2, 0) is 4.57 Å². The van der Waals surface area contributed by atoms with Gasteiger partial charge < -0.3 is 4.57 Å². The lowest BCUT2D eigenvalue weighted by molar-refractivity contribution is 0.583. The van der Waals surface area contributed by atoms with Crippen LogP contribution in [0.4, 0.5) is 0 Å². The summed E-state index contributed by atoms with van der Waals surface area (Å²) >= 11 is 0. The lowest BCUT2D eigenvalue weighted by Gasteiger charge is -2.23. The Morgan fingerprint density at radius 2 is 1.02 bits per heavy atom. The zero-order valence-corrected chi connectivity index (χ0v) is 22.4. The van der Waals surface area contributed by atoms with Gasteiger partial charge in [-0.25, -0.2) is 0 Å². The molecule has 190 valence electrons. The highest BCUT2D eigenvalue weighted by Crippen LogP contribution is 2.52. The Morgan fingerprint density at radius 1 is 0.500 bits per heavy atom. The van der Waals surface area contributed by atoms with Crippen molar-refractivity contribution in [2.45, 2.75) is 0 Å². The molecule has 0 N–H and O–H groups in total. The normalized spacial score (nSPS) is 12.1. The second-order valence-corrected chi connectivity index (χ2v) is 12.6. The Bertz CT molecular complexity index is 2190. The summed E-state index contributed by atoms with van der Waals surface area (Å²) in [7, 11) is -3.42. The maximum absolute atomic E-state index is 15.9. The van der Waals surface area contributed by atoms with Crippen LogP contribution in [0.3, 0.4) is 0 Å². The van der Waals surface area contributed by atoms with Crippen molar-refractivity contribution in [2.75, 3.05) is 0 Å². The molecule has 4 nitrogen and oxygen atoms in total. The van der Waals surface area contributed by atoms with E-state index in [4.69, 9.17) is 4.98 Å². The first-order valence-corrected chi connectivity index (χ1v) is 15.0. The van der Waals surface area contributed by atoms with Crippen molar-refractivity contribution in [3.05, 3.63) is 146 Å². The van der Waals surface area contributed by atoms with Crippen molar-refractivity contribution >= 4 is 61.6 Å². The molecule has 0 saturated heterocycles. The minimum absolute atomic E-state index is 0.781. The van der Waals surface area contributed by atoms with Crippen LogP contribution in [-0.4, -0.2) is 13.9 Å². The van der Waals surface area contributed by atoms with Crippen LogP contribution in [0, 0.1) is 0 Å². The van der Waals surface area contributed by atoms with E-state index in [2.05, 4.69) is 69.6 Å². The van der Waals surface area contributed by atoms with E-state index in [1.54, 1.807) is 0 Å². The van der Waals surface area contributed by atoms with Crippen molar-refractivity contribution in [3.8, 4) is 5.69 Å². The van der Waals surface area contributed by atoms with Gasteiger partial charge in [-0.3, -0.25) is 13.9 Å². The molecule has 0 aliphatic carbocycles. The minimum atomic E-state index is -3.42. The van der Waals surface area contributed by atoms with E-state index in [-0.39, 0.29) is 0 Å². The molecule has 0 bridgehead atoms. The van der Waals surface area contributed by atoms with Gasteiger partial charge >= 0.3 is 0 Å². The smallest absolute Gasteiger partial charge is 0.234 e. The largest absolute Gasteiger partial charge is 0.307 e. The third-order valence-electron chi connectivity index (χ3n) is 7.79. The molecular formula is C35H24N3OP. The molecule has 3 heterocycles. The zero-order chi connectivity index (χ0) is 26.7. The van der Waals surface area contributed by atoms with Gasteiger partial charge in [0.05, 0.1) is 27.6 Å². The Labute approximate surface area is 231 Å². The first kappa shape index (κ1) is 23.0. The Hall–Kier alpha value is -4.92. The number of fused-ring (bicyclic) bond motifs is 7. The summed E-state index contributed by atoms with van der Waals surface area (Å²) in [6.45, 7) is 0. The predicted molar refractivity (Wildman–Crippen MR) is 167 cm³/mol. The van der Waals surface area contributed by atoms with E-state index in [0.717, 1.165) is 60.0 Å². The fraction of sp³-hybridized carbons (Fsp3) is 0. The number of aromatic nitrogens is 3. The SMILES string of the molecule is O=P(c1ccccc1)(c1ccccc1)n1c2ccccc2c2ncc3c4ccccc4n(-c4ccccc4)c3c21. The number of benzene rings is 5. The zero-order valence-electron chi connectivity index (χ0n) is 21.6. The maximum Gasteiger partial charge on any atom is 0.234 e. The Kier molecular flexibility index (Phi) is 5.07. The monoisotopic (exact) mass is 533 g/mol. The van der Waals surface area contributed by atoms with E-state index in [0.29, 0.717) is 0 Å². The maximum atomic E-state index is 15.9.